The molecule has 1 N–H and O–H groups in total. The van der Waals surface area contributed by atoms with Crippen molar-refractivity contribution in [1.82, 2.24) is 4.90 Å². The highest BCUT2D eigenvalue weighted by molar-refractivity contribution is 4.83. The summed E-state index contributed by atoms with van der Waals surface area (Å²) in [6, 6.07) is 0. The Morgan fingerprint density at radius 3 is 2.62 bits per heavy atom. The van der Waals surface area contributed by atoms with E-state index in [1.807, 2.05) is 0 Å². The number of hydrogen-bond donors (Lipinski definition) is 1. The van der Waals surface area contributed by atoms with E-state index in [9.17, 15) is 5.11 Å². The lowest BCUT2D eigenvalue weighted by Gasteiger charge is -2.35. The second kappa shape index (κ2) is 7.22. The zero-order chi connectivity index (χ0) is 11.9. The minimum absolute atomic E-state index is 0.533. The molecule has 4 nitrogen and oxygen atoms in total. The molecule has 0 amide bonds. The SMILES string of the molecule is COCCCCN(C)CC1(O)CCOCC1. The summed E-state index contributed by atoms with van der Waals surface area (Å²) in [7, 11) is 3.80. The van der Waals surface area contributed by atoms with Crippen LogP contribution in [-0.4, -0.2) is 62.7 Å². The van der Waals surface area contributed by atoms with Crippen molar-refractivity contribution in [1.29, 1.82) is 0 Å². The Hall–Kier alpha value is -0.160. The van der Waals surface area contributed by atoms with E-state index in [2.05, 4.69) is 11.9 Å². The van der Waals surface area contributed by atoms with Gasteiger partial charge in [-0.05, 0) is 26.4 Å². The molecule has 1 aliphatic heterocycles. The number of rotatable bonds is 7. The monoisotopic (exact) mass is 231 g/mol. The van der Waals surface area contributed by atoms with Gasteiger partial charge < -0.3 is 19.5 Å². The van der Waals surface area contributed by atoms with Crippen LogP contribution in [0.2, 0.25) is 0 Å². The lowest BCUT2D eigenvalue weighted by atomic mass is 9.94. The largest absolute Gasteiger partial charge is 0.388 e. The smallest absolute Gasteiger partial charge is 0.0817 e. The second-order valence-corrected chi connectivity index (χ2v) is 4.77. The first-order valence-corrected chi connectivity index (χ1v) is 6.14. The average Bonchev–Trinajstić information content (AvgIpc) is 2.25. The Labute approximate surface area is 98.5 Å². The zero-order valence-corrected chi connectivity index (χ0v) is 10.6. The van der Waals surface area contributed by atoms with Gasteiger partial charge in [0.25, 0.3) is 0 Å². The third kappa shape index (κ3) is 5.25. The number of nitrogens with zero attached hydrogens (tertiary/aromatic N) is 1. The number of likely N-dealkylation sites (N-methyl/N-ethyl adjacent to an activating group) is 1. The summed E-state index contributed by atoms with van der Waals surface area (Å²) >= 11 is 0. The van der Waals surface area contributed by atoms with Crippen LogP contribution in [0.25, 0.3) is 0 Å². The Morgan fingerprint density at radius 1 is 1.31 bits per heavy atom. The van der Waals surface area contributed by atoms with Crippen molar-refractivity contribution in [2.75, 3.05) is 47.1 Å². The zero-order valence-electron chi connectivity index (χ0n) is 10.6. The van der Waals surface area contributed by atoms with Gasteiger partial charge in [0.1, 0.15) is 0 Å². The molecule has 1 saturated heterocycles. The standard InChI is InChI=1S/C12H25NO3/c1-13(7-3-4-8-15-2)11-12(14)5-9-16-10-6-12/h14H,3-11H2,1-2H3. The van der Waals surface area contributed by atoms with Crippen molar-refractivity contribution in [2.24, 2.45) is 0 Å². The second-order valence-electron chi connectivity index (χ2n) is 4.77. The first-order valence-electron chi connectivity index (χ1n) is 6.14. The molecule has 0 aromatic carbocycles. The van der Waals surface area contributed by atoms with E-state index in [1.54, 1.807) is 7.11 Å². The van der Waals surface area contributed by atoms with Crippen LogP contribution in [0.3, 0.4) is 0 Å². The van der Waals surface area contributed by atoms with Crippen molar-refractivity contribution in [3.8, 4) is 0 Å². The number of methoxy groups -OCH3 is 1. The Morgan fingerprint density at radius 2 is 2.00 bits per heavy atom. The van der Waals surface area contributed by atoms with Crippen molar-refractivity contribution in [3.63, 3.8) is 0 Å². The fraction of sp³-hybridized carbons (Fsp3) is 1.00. The Balaban J connectivity index is 2.14. The van der Waals surface area contributed by atoms with Crippen molar-refractivity contribution in [2.45, 2.75) is 31.3 Å². The molecule has 0 spiro atoms. The third-order valence-electron chi connectivity index (χ3n) is 3.13. The van der Waals surface area contributed by atoms with Gasteiger partial charge in [-0.15, -0.1) is 0 Å². The van der Waals surface area contributed by atoms with Crippen molar-refractivity contribution < 1.29 is 14.6 Å². The lowest BCUT2D eigenvalue weighted by Crippen LogP contribution is -2.45. The molecule has 4 heteroatoms. The van der Waals surface area contributed by atoms with E-state index in [4.69, 9.17) is 9.47 Å². The molecule has 96 valence electrons. The molecule has 0 aliphatic carbocycles. The summed E-state index contributed by atoms with van der Waals surface area (Å²) in [5.74, 6) is 0. The molecule has 1 fully saturated rings. The lowest BCUT2D eigenvalue weighted by molar-refractivity contribution is -0.0769. The maximum absolute atomic E-state index is 10.3. The fourth-order valence-electron chi connectivity index (χ4n) is 2.12. The van der Waals surface area contributed by atoms with Gasteiger partial charge in [-0.1, -0.05) is 0 Å². The normalized spacial score (nSPS) is 20.2. The molecule has 0 atom stereocenters. The van der Waals surface area contributed by atoms with E-state index >= 15 is 0 Å². The van der Waals surface area contributed by atoms with Gasteiger partial charge in [0.2, 0.25) is 0 Å². The molecule has 0 aromatic rings. The molecule has 0 saturated carbocycles. The van der Waals surface area contributed by atoms with E-state index in [0.29, 0.717) is 13.2 Å². The predicted octanol–water partition coefficient (Wildman–Crippen LogP) is 0.886. The van der Waals surface area contributed by atoms with Crippen LogP contribution < -0.4 is 0 Å². The number of unbranched alkanes of at least 4 members (excludes halogenated alkanes) is 1. The van der Waals surface area contributed by atoms with Gasteiger partial charge in [-0.2, -0.15) is 0 Å². The molecule has 1 heterocycles. The van der Waals surface area contributed by atoms with Crippen molar-refractivity contribution in [3.05, 3.63) is 0 Å². The van der Waals surface area contributed by atoms with Crippen LogP contribution in [0.4, 0.5) is 0 Å². The van der Waals surface area contributed by atoms with Gasteiger partial charge in [-0.25, -0.2) is 0 Å². The van der Waals surface area contributed by atoms with E-state index < -0.39 is 5.60 Å². The first-order chi connectivity index (χ1) is 7.66. The minimum Gasteiger partial charge on any atom is -0.388 e. The highest BCUT2D eigenvalue weighted by Gasteiger charge is 2.30. The summed E-state index contributed by atoms with van der Waals surface area (Å²) in [6.45, 7) is 3.98. The van der Waals surface area contributed by atoms with Crippen LogP contribution in [0.5, 0.6) is 0 Å². The molecule has 1 rings (SSSR count). The van der Waals surface area contributed by atoms with Crippen molar-refractivity contribution >= 4 is 0 Å². The molecule has 0 radical (unpaired) electrons. The molecule has 0 unspecified atom stereocenters. The van der Waals surface area contributed by atoms with E-state index in [1.165, 1.54) is 0 Å². The van der Waals surface area contributed by atoms with Gasteiger partial charge in [0, 0.05) is 46.3 Å². The summed E-state index contributed by atoms with van der Waals surface area (Å²) in [6.07, 6.45) is 3.73. The molecule has 0 bridgehead atoms. The topological polar surface area (TPSA) is 41.9 Å². The quantitative estimate of drug-likeness (QED) is 0.661. The van der Waals surface area contributed by atoms with Crippen LogP contribution in [-0.2, 0) is 9.47 Å². The number of hydrogen-bond acceptors (Lipinski definition) is 4. The first kappa shape index (κ1) is 13.9. The predicted molar refractivity (Wildman–Crippen MR) is 63.6 cm³/mol. The minimum atomic E-state index is -0.533. The summed E-state index contributed by atoms with van der Waals surface area (Å²) in [5, 5.41) is 10.3. The molecule has 0 aromatic heterocycles. The van der Waals surface area contributed by atoms with Crippen LogP contribution in [0, 0.1) is 0 Å². The summed E-state index contributed by atoms with van der Waals surface area (Å²) in [4.78, 5) is 2.21. The van der Waals surface area contributed by atoms with Gasteiger partial charge >= 0.3 is 0 Å². The number of aliphatic hydroxyl groups is 1. The maximum Gasteiger partial charge on any atom is 0.0817 e. The highest BCUT2D eigenvalue weighted by atomic mass is 16.5. The summed E-state index contributed by atoms with van der Waals surface area (Å²) in [5.41, 5.74) is -0.533. The summed E-state index contributed by atoms with van der Waals surface area (Å²) < 4.78 is 10.3. The van der Waals surface area contributed by atoms with Crippen LogP contribution >= 0.6 is 0 Å². The Kier molecular flexibility index (Phi) is 6.28. The van der Waals surface area contributed by atoms with Gasteiger partial charge in [0.15, 0.2) is 0 Å². The molecule has 16 heavy (non-hydrogen) atoms. The third-order valence-corrected chi connectivity index (χ3v) is 3.13. The van der Waals surface area contributed by atoms with Crippen LogP contribution in [0.1, 0.15) is 25.7 Å². The van der Waals surface area contributed by atoms with E-state index in [-0.39, 0.29) is 0 Å². The fourth-order valence-corrected chi connectivity index (χ4v) is 2.12. The van der Waals surface area contributed by atoms with Gasteiger partial charge in [0.05, 0.1) is 5.60 Å². The highest BCUT2D eigenvalue weighted by Crippen LogP contribution is 2.21. The van der Waals surface area contributed by atoms with Gasteiger partial charge in [-0.3, -0.25) is 0 Å². The molecular weight excluding hydrogens is 206 g/mol. The maximum atomic E-state index is 10.3. The molecular formula is C12H25NO3. The van der Waals surface area contributed by atoms with Crippen LogP contribution in [0.15, 0.2) is 0 Å². The molecule has 1 aliphatic rings. The average molecular weight is 231 g/mol. The Bertz CT molecular complexity index is 181. The van der Waals surface area contributed by atoms with E-state index in [0.717, 1.165) is 45.4 Å². The number of ether oxygens (including phenoxy) is 2.